The van der Waals surface area contributed by atoms with Gasteiger partial charge in [0.1, 0.15) is 0 Å². The van der Waals surface area contributed by atoms with E-state index in [-0.39, 0.29) is 6.04 Å². The van der Waals surface area contributed by atoms with Crippen molar-refractivity contribution in [2.24, 2.45) is 0 Å². The molecule has 0 aromatic heterocycles. The Labute approximate surface area is 128 Å². The third kappa shape index (κ3) is 3.47. The summed E-state index contributed by atoms with van der Waals surface area (Å²) in [6.07, 6.45) is 0. The second kappa shape index (κ2) is 6.69. The minimum Gasteiger partial charge on any atom is -0.306 e. The molecule has 0 unspecified atom stereocenters. The number of hydrogen-bond acceptors (Lipinski definition) is 2. The molecule has 0 amide bonds. The Balaban J connectivity index is 2.06. The molecule has 102 valence electrons. The van der Waals surface area contributed by atoms with Gasteiger partial charge >= 0.3 is 0 Å². The Morgan fingerprint density at radius 1 is 1.25 bits per heavy atom. The van der Waals surface area contributed by atoms with Crippen LogP contribution in [0.1, 0.15) is 35.2 Å². The summed E-state index contributed by atoms with van der Waals surface area (Å²) in [6.45, 7) is 4.99. The fraction of sp³-hybridized carbons (Fsp3) is 0.235. The van der Waals surface area contributed by atoms with E-state index in [2.05, 4.69) is 46.4 Å². The lowest BCUT2D eigenvalue weighted by molar-refractivity contribution is 0.571. The van der Waals surface area contributed by atoms with Gasteiger partial charge in [0.15, 0.2) is 0 Å². The highest BCUT2D eigenvalue weighted by atomic mass is 79.9. The van der Waals surface area contributed by atoms with Crippen LogP contribution >= 0.6 is 15.9 Å². The van der Waals surface area contributed by atoms with Gasteiger partial charge in [-0.2, -0.15) is 5.26 Å². The van der Waals surface area contributed by atoms with Crippen molar-refractivity contribution in [1.82, 2.24) is 5.32 Å². The summed E-state index contributed by atoms with van der Waals surface area (Å²) in [5, 5.41) is 12.4. The van der Waals surface area contributed by atoms with Crippen LogP contribution in [0.15, 0.2) is 46.9 Å². The van der Waals surface area contributed by atoms with Crippen molar-refractivity contribution in [3.8, 4) is 6.07 Å². The van der Waals surface area contributed by atoms with Gasteiger partial charge < -0.3 is 5.32 Å². The first-order chi connectivity index (χ1) is 9.61. The van der Waals surface area contributed by atoms with Gasteiger partial charge in [-0.1, -0.05) is 40.2 Å². The number of nitriles is 1. The predicted octanol–water partition coefficient (Wildman–Crippen LogP) is 4.48. The van der Waals surface area contributed by atoms with Gasteiger partial charge in [-0.25, -0.2) is 0 Å². The van der Waals surface area contributed by atoms with Crippen LogP contribution in [0.2, 0.25) is 0 Å². The molecule has 0 saturated carbocycles. The Bertz CT molecular complexity index is 644. The summed E-state index contributed by atoms with van der Waals surface area (Å²) in [5.74, 6) is 0. The Kier molecular flexibility index (Phi) is 4.94. The van der Waals surface area contributed by atoms with E-state index >= 15 is 0 Å². The second-order valence-electron chi connectivity index (χ2n) is 4.88. The third-order valence-corrected chi connectivity index (χ3v) is 4.16. The van der Waals surface area contributed by atoms with Crippen molar-refractivity contribution in [3.63, 3.8) is 0 Å². The van der Waals surface area contributed by atoms with Crippen LogP contribution < -0.4 is 5.32 Å². The largest absolute Gasteiger partial charge is 0.306 e. The maximum absolute atomic E-state index is 8.88. The molecule has 1 N–H and O–H groups in total. The van der Waals surface area contributed by atoms with E-state index in [1.165, 1.54) is 11.1 Å². The molecule has 2 aromatic carbocycles. The van der Waals surface area contributed by atoms with E-state index in [1.807, 2.05) is 37.3 Å². The van der Waals surface area contributed by atoms with Gasteiger partial charge in [-0.15, -0.1) is 0 Å². The number of hydrogen-bond donors (Lipinski definition) is 1. The van der Waals surface area contributed by atoms with Crippen LogP contribution in [0.3, 0.4) is 0 Å². The molecule has 1 atom stereocenters. The smallest absolute Gasteiger partial charge is 0.0991 e. The Morgan fingerprint density at radius 3 is 2.65 bits per heavy atom. The van der Waals surface area contributed by atoms with Gasteiger partial charge in [0.2, 0.25) is 0 Å². The van der Waals surface area contributed by atoms with Crippen molar-refractivity contribution < 1.29 is 0 Å². The molecule has 0 saturated heterocycles. The van der Waals surface area contributed by atoms with E-state index in [0.717, 1.165) is 16.6 Å². The lowest BCUT2D eigenvalue weighted by Gasteiger charge is -2.17. The number of aryl methyl sites for hydroxylation is 1. The number of rotatable bonds is 4. The lowest BCUT2D eigenvalue weighted by atomic mass is 10.0. The predicted molar refractivity (Wildman–Crippen MR) is 85.3 cm³/mol. The molecule has 2 aromatic rings. The first kappa shape index (κ1) is 14.8. The molecule has 0 spiro atoms. The highest BCUT2D eigenvalue weighted by Crippen LogP contribution is 2.23. The van der Waals surface area contributed by atoms with Gasteiger partial charge in [0, 0.05) is 17.1 Å². The van der Waals surface area contributed by atoms with E-state index in [9.17, 15) is 0 Å². The quantitative estimate of drug-likeness (QED) is 0.898. The molecule has 2 nitrogen and oxygen atoms in total. The highest BCUT2D eigenvalue weighted by Gasteiger charge is 2.08. The Hall–Kier alpha value is -1.63. The maximum Gasteiger partial charge on any atom is 0.0991 e. The molecule has 0 aliphatic rings. The van der Waals surface area contributed by atoms with E-state index in [0.29, 0.717) is 5.56 Å². The zero-order valence-electron chi connectivity index (χ0n) is 11.7. The maximum atomic E-state index is 8.88. The molecule has 2 rings (SSSR count). The van der Waals surface area contributed by atoms with Crippen LogP contribution in [0.5, 0.6) is 0 Å². The average molecular weight is 329 g/mol. The standard InChI is InChI=1S/C17H17BrN2/c1-12-9-14(10-19)7-8-15(12)11-20-13(2)16-5-3-4-6-17(16)18/h3-9,13,20H,11H2,1-2H3/t13-/m0/s1. The third-order valence-electron chi connectivity index (χ3n) is 3.44. The fourth-order valence-corrected chi connectivity index (χ4v) is 2.79. The SMILES string of the molecule is Cc1cc(C#N)ccc1CN[C@@H](C)c1ccccc1Br. The van der Waals surface area contributed by atoms with Gasteiger partial charge in [0.05, 0.1) is 11.6 Å². The molecule has 20 heavy (non-hydrogen) atoms. The number of benzene rings is 2. The summed E-state index contributed by atoms with van der Waals surface area (Å²) in [5.41, 5.74) is 4.34. The monoisotopic (exact) mass is 328 g/mol. The first-order valence-corrected chi connectivity index (χ1v) is 7.38. The Morgan fingerprint density at radius 2 is 2.00 bits per heavy atom. The minimum absolute atomic E-state index is 0.264. The molecule has 0 fully saturated rings. The number of halogens is 1. The van der Waals surface area contributed by atoms with Crippen molar-refractivity contribution >= 4 is 15.9 Å². The topological polar surface area (TPSA) is 35.8 Å². The molecular weight excluding hydrogens is 312 g/mol. The molecule has 0 aliphatic carbocycles. The summed E-state index contributed by atoms with van der Waals surface area (Å²) in [7, 11) is 0. The van der Waals surface area contributed by atoms with Crippen LogP contribution in [-0.2, 0) is 6.54 Å². The van der Waals surface area contributed by atoms with Crippen LogP contribution in [0.25, 0.3) is 0 Å². The summed E-state index contributed by atoms with van der Waals surface area (Å²) in [4.78, 5) is 0. The first-order valence-electron chi connectivity index (χ1n) is 6.59. The summed E-state index contributed by atoms with van der Waals surface area (Å²) in [6, 6.07) is 16.5. The fourth-order valence-electron chi connectivity index (χ4n) is 2.16. The zero-order chi connectivity index (χ0) is 14.5. The minimum atomic E-state index is 0.264. The number of nitrogens with zero attached hydrogens (tertiary/aromatic N) is 1. The van der Waals surface area contributed by atoms with Crippen molar-refractivity contribution in [1.29, 1.82) is 5.26 Å². The lowest BCUT2D eigenvalue weighted by Crippen LogP contribution is -2.19. The normalized spacial score (nSPS) is 11.9. The molecule has 0 aliphatic heterocycles. The summed E-state index contributed by atoms with van der Waals surface area (Å²) < 4.78 is 1.12. The van der Waals surface area contributed by atoms with Gasteiger partial charge in [0.25, 0.3) is 0 Å². The second-order valence-corrected chi connectivity index (χ2v) is 5.73. The summed E-state index contributed by atoms with van der Waals surface area (Å²) >= 11 is 3.58. The molecule has 3 heteroatoms. The van der Waals surface area contributed by atoms with Gasteiger partial charge in [-0.3, -0.25) is 0 Å². The average Bonchev–Trinajstić information content (AvgIpc) is 2.46. The van der Waals surface area contributed by atoms with E-state index < -0.39 is 0 Å². The molecular formula is C17H17BrN2. The van der Waals surface area contributed by atoms with Crippen LogP contribution in [0, 0.1) is 18.3 Å². The van der Waals surface area contributed by atoms with E-state index in [1.54, 1.807) is 0 Å². The van der Waals surface area contributed by atoms with Crippen molar-refractivity contribution in [2.75, 3.05) is 0 Å². The molecule has 0 radical (unpaired) electrons. The number of nitrogens with one attached hydrogen (secondary N) is 1. The van der Waals surface area contributed by atoms with E-state index in [4.69, 9.17) is 5.26 Å². The van der Waals surface area contributed by atoms with Crippen LogP contribution in [-0.4, -0.2) is 0 Å². The van der Waals surface area contributed by atoms with Crippen molar-refractivity contribution in [2.45, 2.75) is 26.4 Å². The zero-order valence-corrected chi connectivity index (χ0v) is 13.2. The highest BCUT2D eigenvalue weighted by molar-refractivity contribution is 9.10. The molecule has 0 bridgehead atoms. The van der Waals surface area contributed by atoms with Gasteiger partial charge in [-0.05, 0) is 48.7 Å². The van der Waals surface area contributed by atoms with Crippen molar-refractivity contribution in [3.05, 3.63) is 69.2 Å². The molecule has 0 heterocycles. The van der Waals surface area contributed by atoms with Crippen LogP contribution in [0.4, 0.5) is 0 Å².